The predicted molar refractivity (Wildman–Crippen MR) is 268 cm³/mol. The molecule has 62 heavy (non-hydrogen) atoms. The summed E-state index contributed by atoms with van der Waals surface area (Å²) in [5.41, 5.74) is 10.0. The van der Waals surface area contributed by atoms with Gasteiger partial charge in [-0.15, -0.1) is 0 Å². The van der Waals surface area contributed by atoms with E-state index >= 15 is 0 Å². The summed E-state index contributed by atoms with van der Waals surface area (Å²) in [4.78, 5) is 0. The molecule has 0 heterocycles. The summed E-state index contributed by atoms with van der Waals surface area (Å²) in [5, 5.41) is 20.3. The Kier molecular flexibility index (Phi) is 7.71. The van der Waals surface area contributed by atoms with Gasteiger partial charge in [0.05, 0.1) is 0 Å². The van der Waals surface area contributed by atoms with Gasteiger partial charge in [-0.05, 0) is 149 Å². The molecule has 0 N–H and O–H groups in total. The van der Waals surface area contributed by atoms with E-state index in [-0.39, 0.29) is 0 Å². The third kappa shape index (κ3) is 5.20. The minimum absolute atomic E-state index is 1.22. The molecule has 0 aliphatic heterocycles. The molecule has 0 saturated carbocycles. The summed E-state index contributed by atoms with van der Waals surface area (Å²) in [5.74, 6) is 0. The molecule has 0 nitrogen and oxygen atoms in total. The first-order valence-electron chi connectivity index (χ1n) is 21.6. The van der Waals surface area contributed by atoms with E-state index in [4.69, 9.17) is 0 Å². The molecule has 0 spiro atoms. The SMILES string of the molecule is c1ccc(-c2c3ccccc3c(-c3ccc4ccc(-c5c6ccccc6c(-c6ccc7c8ccccc8c8ccccc8c7c6)c6ccccc56)cc4c3)c3ccccc23)cc1. The van der Waals surface area contributed by atoms with Crippen molar-refractivity contribution in [3.8, 4) is 44.5 Å². The molecule has 0 heteroatoms. The maximum absolute atomic E-state index is 2.44. The Morgan fingerprint density at radius 2 is 0.419 bits per heavy atom. The molecule has 0 aromatic heterocycles. The fourth-order valence-electron chi connectivity index (χ4n) is 10.7. The van der Waals surface area contributed by atoms with Crippen molar-refractivity contribution < 1.29 is 0 Å². The van der Waals surface area contributed by atoms with Crippen molar-refractivity contribution in [2.24, 2.45) is 0 Å². The minimum atomic E-state index is 1.22. The smallest absolute Gasteiger partial charge is 0.00261 e. The number of fused-ring (bicyclic) bond motifs is 11. The van der Waals surface area contributed by atoms with Crippen molar-refractivity contribution in [1.29, 1.82) is 0 Å². The first kappa shape index (κ1) is 34.8. The van der Waals surface area contributed by atoms with Crippen LogP contribution in [0, 0.1) is 0 Å². The van der Waals surface area contributed by atoms with Crippen LogP contribution >= 0.6 is 0 Å². The average Bonchev–Trinajstić information content (AvgIpc) is 3.34. The van der Waals surface area contributed by atoms with Gasteiger partial charge in [-0.2, -0.15) is 0 Å². The molecule has 13 aromatic carbocycles. The van der Waals surface area contributed by atoms with Crippen molar-refractivity contribution in [2.45, 2.75) is 0 Å². The van der Waals surface area contributed by atoms with Crippen molar-refractivity contribution in [2.75, 3.05) is 0 Å². The molecule has 13 rings (SSSR count). The molecule has 0 aliphatic rings. The van der Waals surface area contributed by atoms with Crippen LogP contribution in [0.2, 0.25) is 0 Å². The monoisotopic (exact) mass is 782 g/mol. The van der Waals surface area contributed by atoms with Gasteiger partial charge in [0.1, 0.15) is 0 Å². The fraction of sp³-hybridized carbons (Fsp3) is 0. The summed E-state index contributed by atoms with van der Waals surface area (Å²) in [6.45, 7) is 0. The van der Waals surface area contributed by atoms with Crippen LogP contribution in [0.3, 0.4) is 0 Å². The maximum Gasteiger partial charge on any atom is -0.00261 e. The summed E-state index contributed by atoms with van der Waals surface area (Å²) < 4.78 is 0. The zero-order chi connectivity index (χ0) is 40.7. The van der Waals surface area contributed by atoms with E-state index in [0.717, 1.165) is 0 Å². The van der Waals surface area contributed by atoms with Gasteiger partial charge in [0, 0.05) is 0 Å². The van der Waals surface area contributed by atoms with Crippen LogP contribution in [0.1, 0.15) is 0 Å². The van der Waals surface area contributed by atoms with Gasteiger partial charge >= 0.3 is 0 Å². The molecule has 0 radical (unpaired) electrons. The highest BCUT2D eigenvalue weighted by Gasteiger charge is 2.20. The van der Waals surface area contributed by atoms with Gasteiger partial charge in [0.2, 0.25) is 0 Å². The molecule has 0 saturated heterocycles. The highest BCUT2D eigenvalue weighted by atomic mass is 14.2. The second kappa shape index (κ2) is 13.7. The molecule has 0 amide bonds. The van der Waals surface area contributed by atoms with E-state index in [0.29, 0.717) is 0 Å². The lowest BCUT2D eigenvalue weighted by Gasteiger charge is -2.19. The summed E-state index contributed by atoms with van der Waals surface area (Å²) in [6.07, 6.45) is 0. The largest absolute Gasteiger partial charge is 0.0622 e. The summed E-state index contributed by atoms with van der Waals surface area (Å²) >= 11 is 0. The normalized spacial score (nSPS) is 11.9. The van der Waals surface area contributed by atoms with Crippen LogP contribution in [0.15, 0.2) is 231 Å². The zero-order valence-corrected chi connectivity index (χ0v) is 33.9. The minimum Gasteiger partial charge on any atom is -0.0622 e. The molecular formula is C62H38. The van der Waals surface area contributed by atoms with Gasteiger partial charge in [-0.1, -0.05) is 212 Å². The molecule has 13 aromatic rings. The van der Waals surface area contributed by atoms with Gasteiger partial charge in [-0.25, -0.2) is 0 Å². The van der Waals surface area contributed by atoms with Crippen molar-refractivity contribution >= 4 is 86.2 Å². The maximum atomic E-state index is 2.44. The van der Waals surface area contributed by atoms with E-state index in [1.165, 1.54) is 131 Å². The lowest BCUT2D eigenvalue weighted by atomic mass is 9.84. The topological polar surface area (TPSA) is 0 Å². The van der Waals surface area contributed by atoms with Crippen LogP contribution in [-0.4, -0.2) is 0 Å². The quantitative estimate of drug-likeness (QED) is 0.123. The van der Waals surface area contributed by atoms with Crippen molar-refractivity contribution in [3.05, 3.63) is 231 Å². The predicted octanol–water partition coefficient (Wildman–Crippen LogP) is 17.6. The lowest BCUT2D eigenvalue weighted by molar-refractivity contribution is 1.66. The Morgan fingerprint density at radius 1 is 0.145 bits per heavy atom. The highest BCUT2D eigenvalue weighted by Crippen LogP contribution is 2.47. The number of benzene rings is 13. The van der Waals surface area contributed by atoms with Gasteiger partial charge in [-0.3, -0.25) is 0 Å². The van der Waals surface area contributed by atoms with Gasteiger partial charge in [0.15, 0.2) is 0 Å². The molecular weight excluding hydrogens is 745 g/mol. The Balaban J connectivity index is 1.03. The first-order valence-corrected chi connectivity index (χ1v) is 21.6. The van der Waals surface area contributed by atoms with Gasteiger partial charge in [0.25, 0.3) is 0 Å². The third-order valence-corrected chi connectivity index (χ3v) is 13.4. The average molecular weight is 783 g/mol. The van der Waals surface area contributed by atoms with E-state index in [2.05, 4.69) is 231 Å². The van der Waals surface area contributed by atoms with E-state index in [1.54, 1.807) is 0 Å². The van der Waals surface area contributed by atoms with E-state index in [1.807, 2.05) is 0 Å². The summed E-state index contributed by atoms with van der Waals surface area (Å²) in [7, 11) is 0. The van der Waals surface area contributed by atoms with Crippen molar-refractivity contribution in [1.82, 2.24) is 0 Å². The first-order chi connectivity index (χ1) is 30.8. The van der Waals surface area contributed by atoms with Crippen molar-refractivity contribution in [3.63, 3.8) is 0 Å². The van der Waals surface area contributed by atoms with Crippen LogP contribution in [0.25, 0.3) is 131 Å². The lowest BCUT2D eigenvalue weighted by Crippen LogP contribution is -1.92. The van der Waals surface area contributed by atoms with Crippen LogP contribution < -0.4 is 0 Å². The Bertz CT molecular complexity index is 3820. The molecule has 0 unspecified atom stereocenters. The molecule has 0 fully saturated rings. The van der Waals surface area contributed by atoms with Gasteiger partial charge < -0.3 is 0 Å². The number of hydrogen-bond acceptors (Lipinski definition) is 0. The number of hydrogen-bond donors (Lipinski definition) is 0. The Hall–Kier alpha value is -8.06. The zero-order valence-electron chi connectivity index (χ0n) is 33.9. The second-order valence-corrected chi connectivity index (χ2v) is 16.7. The standard InChI is InChI=1S/C62H38/c1-2-16-40(17-3-1)59-50-22-8-10-24-52(50)60(53-25-11-9-23-51(53)59)41-32-30-39-31-33-42(37-44(39)36-41)61-54-26-12-14-28-56(54)62(57-29-15-13-27-55(57)61)43-34-35-49-47-20-5-4-18-45(47)46-19-6-7-21-48(46)58(49)38-43/h1-38H. The Morgan fingerprint density at radius 3 is 0.806 bits per heavy atom. The summed E-state index contributed by atoms with van der Waals surface area (Å²) in [6, 6.07) is 85.6. The third-order valence-electron chi connectivity index (χ3n) is 13.4. The van der Waals surface area contributed by atoms with E-state index < -0.39 is 0 Å². The van der Waals surface area contributed by atoms with Crippen LogP contribution in [0.5, 0.6) is 0 Å². The van der Waals surface area contributed by atoms with E-state index in [9.17, 15) is 0 Å². The van der Waals surface area contributed by atoms with Crippen LogP contribution in [-0.2, 0) is 0 Å². The molecule has 0 atom stereocenters. The molecule has 0 bridgehead atoms. The molecule has 286 valence electrons. The second-order valence-electron chi connectivity index (χ2n) is 16.7. The Labute approximate surface area is 359 Å². The molecule has 0 aliphatic carbocycles. The fourth-order valence-corrected chi connectivity index (χ4v) is 10.7. The van der Waals surface area contributed by atoms with Crippen LogP contribution in [0.4, 0.5) is 0 Å². The highest BCUT2D eigenvalue weighted by molar-refractivity contribution is 6.28. The number of rotatable bonds is 4.